The molecule has 1 aromatic heterocycles. The van der Waals surface area contributed by atoms with Crippen LogP contribution in [0.4, 0.5) is 0 Å². The van der Waals surface area contributed by atoms with Gasteiger partial charge in [0.1, 0.15) is 5.69 Å². The Morgan fingerprint density at radius 3 is 2.52 bits per heavy atom. The van der Waals surface area contributed by atoms with Gasteiger partial charge >= 0.3 is 0 Å². The smallest absolute Gasteiger partial charge is 0.270 e. The average Bonchev–Trinajstić information content (AvgIpc) is 3.00. The monoisotopic (exact) mass is 381 g/mol. The lowest BCUT2D eigenvalue weighted by Crippen LogP contribution is -2.47. The molecule has 0 aromatic carbocycles. The summed E-state index contributed by atoms with van der Waals surface area (Å²) in [6.45, 7) is 5.34. The Bertz CT molecular complexity index is 578. The second-order valence-corrected chi connectivity index (χ2v) is 7.75. The molecule has 5 nitrogen and oxygen atoms in total. The van der Waals surface area contributed by atoms with Crippen LogP contribution in [0.2, 0.25) is 0 Å². The molecule has 3 rings (SSSR count). The molecule has 2 aliphatic heterocycles. The Hall–Kier alpha value is -1.30. The summed E-state index contributed by atoms with van der Waals surface area (Å²) in [5.74, 6) is 1.01. The average molecular weight is 382 g/mol. The molecule has 126 valence electrons. The van der Waals surface area contributed by atoms with Gasteiger partial charge in [-0.2, -0.15) is 0 Å². The summed E-state index contributed by atoms with van der Waals surface area (Å²) in [4.78, 5) is 31.9. The third-order valence-electron chi connectivity index (χ3n) is 4.98. The van der Waals surface area contributed by atoms with Crippen LogP contribution in [0.5, 0.6) is 0 Å². The Labute approximate surface area is 145 Å². The fraction of sp³-hybridized carbons (Fsp3) is 0.647. The first-order chi connectivity index (χ1) is 11.0. The van der Waals surface area contributed by atoms with Gasteiger partial charge in [0, 0.05) is 42.8 Å². The molecule has 1 atom stereocenters. The number of hydrogen-bond acceptors (Lipinski definition) is 2. The topological polar surface area (TPSA) is 56.4 Å². The van der Waals surface area contributed by atoms with E-state index >= 15 is 0 Å². The summed E-state index contributed by atoms with van der Waals surface area (Å²) in [6.07, 6.45) is 5.66. The summed E-state index contributed by atoms with van der Waals surface area (Å²) in [5, 5.41) is 0. The zero-order valence-corrected chi connectivity index (χ0v) is 15.1. The molecule has 0 bridgehead atoms. The van der Waals surface area contributed by atoms with Crippen LogP contribution in [0.15, 0.2) is 16.7 Å². The number of aromatic nitrogens is 1. The number of nitrogens with one attached hydrogen (secondary N) is 1. The van der Waals surface area contributed by atoms with Crippen LogP contribution in [-0.2, 0) is 4.79 Å². The molecule has 6 heteroatoms. The molecule has 2 amide bonds. The van der Waals surface area contributed by atoms with Crippen molar-refractivity contribution in [3.63, 3.8) is 0 Å². The first kappa shape index (κ1) is 16.6. The van der Waals surface area contributed by atoms with Crippen molar-refractivity contribution < 1.29 is 9.59 Å². The first-order valence-corrected chi connectivity index (χ1v) is 9.26. The highest BCUT2D eigenvalue weighted by molar-refractivity contribution is 9.10. The second-order valence-electron chi connectivity index (χ2n) is 6.83. The quantitative estimate of drug-likeness (QED) is 0.855. The van der Waals surface area contributed by atoms with Crippen LogP contribution in [0.25, 0.3) is 0 Å². The predicted octanol–water partition coefficient (Wildman–Crippen LogP) is 2.89. The second kappa shape index (κ2) is 7.07. The molecular formula is C17H24BrN3O2. The zero-order valence-electron chi connectivity index (χ0n) is 13.6. The van der Waals surface area contributed by atoms with Crippen molar-refractivity contribution in [2.24, 2.45) is 11.8 Å². The van der Waals surface area contributed by atoms with Crippen LogP contribution < -0.4 is 0 Å². The molecule has 3 heterocycles. The van der Waals surface area contributed by atoms with Gasteiger partial charge in [0.2, 0.25) is 5.91 Å². The molecule has 23 heavy (non-hydrogen) atoms. The van der Waals surface area contributed by atoms with Gasteiger partial charge < -0.3 is 14.8 Å². The van der Waals surface area contributed by atoms with E-state index in [4.69, 9.17) is 0 Å². The summed E-state index contributed by atoms with van der Waals surface area (Å²) in [5.41, 5.74) is 0.603. The third-order valence-corrected chi connectivity index (χ3v) is 5.44. The van der Waals surface area contributed by atoms with Gasteiger partial charge in [0.15, 0.2) is 0 Å². The van der Waals surface area contributed by atoms with Gasteiger partial charge in [-0.25, -0.2) is 0 Å². The number of aromatic amines is 1. The Kier molecular flexibility index (Phi) is 5.09. The van der Waals surface area contributed by atoms with Crippen LogP contribution in [0.3, 0.4) is 0 Å². The highest BCUT2D eigenvalue weighted by Gasteiger charge is 2.32. The SMILES string of the molecule is CC1CCCN(C(=O)C2CCN(C(=O)c3cc(Br)c[nH]3)CC2)C1. The Morgan fingerprint density at radius 2 is 1.91 bits per heavy atom. The number of rotatable bonds is 2. The molecule has 1 aromatic rings. The number of amides is 2. The summed E-state index contributed by atoms with van der Waals surface area (Å²) in [6, 6.07) is 1.80. The van der Waals surface area contributed by atoms with Crippen LogP contribution in [0.1, 0.15) is 43.1 Å². The molecule has 1 N–H and O–H groups in total. The minimum absolute atomic E-state index is 0.0215. The van der Waals surface area contributed by atoms with Gasteiger partial charge in [-0.05, 0) is 53.6 Å². The molecular weight excluding hydrogens is 358 g/mol. The minimum Gasteiger partial charge on any atom is -0.356 e. The summed E-state index contributed by atoms with van der Waals surface area (Å²) < 4.78 is 0.880. The maximum atomic E-state index is 12.7. The number of halogens is 1. The van der Waals surface area contributed by atoms with E-state index in [-0.39, 0.29) is 11.8 Å². The van der Waals surface area contributed by atoms with Crippen molar-refractivity contribution in [1.82, 2.24) is 14.8 Å². The molecule has 1 unspecified atom stereocenters. The number of H-pyrrole nitrogens is 1. The molecule has 0 aliphatic carbocycles. The van der Waals surface area contributed by atoms with E-state index in [1.54, 1.807) is 12.3 Å². The lowest BCUT2D eigenvalue weighted by Gasteiger charge is -2.37. The van der Waals surface area contributed by atoms with Gasteiger partial charge in [0.05, 0.1) is 0 Å². The fourth-order valence-corrected chi connectivity index (χ4v) is 3.98. The number of hydrogen-bond donors (Lipinski definition) is 1. The maximum Gasteiger partial charge on any atom is 0.270 e. The number of carbonyl (C=O) groups is 2. The van der Waals surface area contributed by atoms with E-state index < -0.39 is 0 Å². The van der Waals surface area contributed by atoms with Crippen molar-refractivity contribution in [3.8, 4) is 0 Å². The summed E-state index contributed by atoms with van der Waals surface area (Å²) in [7, 11) is 0. The van der Waals surface area contributed by atoms with Gasteiger partial charge in [0.25, 0.3) is 5.91 Å². The van der Waals surface area contributed by atoms with Crippen LogP contribution in [-0.4, -0.2) is 52.8 Å². The van der Waals surface area contributed by atoms with E-state index in [9.17, 15) is 9.59 Å². The van der Waals surface area contributed by atoms with Gasteiger partial charge in [-0.3, -0.25) is 9.59 Å². The Morgan fingerprint density at radius 1 is 1.17 bits per heavy atom. The highest BCUT2D eigenvalue weighted by Crippen LogP contribution is 2.24. The number of nitrogens with zero attached hydrogens (tertiary/aromatic N) is 2. The van der Waals surface area contributed by atoms with Crippen LogP contribution >= 0.6 is 15.9 Å². The first-order valence-electron chi connectivity index (χ1n) is 8.46. The molecule has 0 radical (unpaired) electrons. The van der Waals surface area contributed by atoms with Crippen molar-refractivity contribution >= 4 is 27.7 Å². The molecule has 0 saturated carbocycles. The minimum atomic E-state index is 0.0215. The van der Waals surface area contributed by atoms with E-state index in [1.807, 2.05) is 9.80 Å². The molecule has 2 aliphatic rings. The van der Waals surface area contributed by atoms with Crippen LogP contribution in [0, 0.1) is 11.8 Å². The zero-order chi connectivity index (χ0) is 16.4. The fourth-order valence-electron chi connectivity index (χ4n) is 3.64. The number of piperidine rings is 2. The van der Waals surface area contributed by atoms with E-state index in [0.29, 0.717) is 30.6 Å². The third kappa shape index (κ3) is 3.79. The van der Waals surface area contributed by atoms with E-state index in [0.717, 1.165) is 36.8 Å². The number of carbonyl (C=O) groups excluding carboxylic acids is 2. The van der Waals surface area contributed by atoms with Crippen molar-refractivity contribution in [3.05, 3.63) is 22.4 Å². The normalized spacial score (nSPS) is 23.1. The molecule has 0 spiro atoms. The lowest BCUT2D eigenvalue weighted by atomic mass is 9.92. The maximum absolute atomic E-state index is 12.7. The van der Waals surface area contributed by atoms with Crippen molar-refractivity contribution in [2.75, 3.05) is 26.2 Å². The van der Waals surface area contributed by atoms with E-state index in [1.165, 1.54) is 6.42 Å². The van der Waals surface area contributed by atoms with E-state index in [2.05, 4.69) is 27.8 Å². The molecule has 2 fully saturated rings. The largest absolute Gasteiger partial charge is 0.356 e. The van der Waals surface area contributed by atoms with Crippen molar-refractivity contribution in [2.45, 2.75) is 32.6 Å². The van der Waals surface area contributed by atoms with Gasteiger partial charge in [-0.15, -0.1) is 0 Å². The lowest BCUT2D eigenvalue weighted by molar-refractivity contribution is -0.138. The van der Waals surface area contributed by atoms with Crippen molar-refractivity contribution in [1.29, 1.82) is 0 Å². The summed E-state index contributed by atoms with van der Waals surface area (Å²) >= 11 is 3.35. The Balaban J connectivity index is 1.53. The van der Waals surface area contributed by atoms with Gasteiger partial charge in [-0.1, -0.05) is 6.92 Å². The predicted molar refractivity (Wildman–Crippen MR) is 92.1 cm³/mol. The number of likely N-dealkylation sites (tertiary alicyclic amines) is 2. The highest BCUT2D eigenvalue weighted by atomic mass is 79.9. The standard InChI is InChI=1S/C17H24BrN3O2/c1-12-3-2-6-21(11-12)16(22)13-4-7-20(8-5-13)17(23)15-9-14(18)10-19-15/h9-10,12-13,19H,2-8,11H2,1H3. The molecule has 2 saturated heterocycles.